The van der Waals surface area contributed by atoms with Gasteiger partial charge < -0.3 is 10.1 Å². The summed E-state index contributed by atoms with van der Waals surface area (Å²) in [6.07, 6.45) is 1.08. The number of rotatable bonds is 6. The van der Waals surface area contributed by atoms with Crippen molar-refractivity contribution in [3.63, 3.8) is 0 Å². The van der Waals surface area contributed by atoms with Crippen LogP contribution in [0.2, 0.25) is 5.02 Å². The van der Waals surface area contributed by atoms with Crippen LogP contribution < -0.4 is 10.1 Å². The fourth-order valence-corrected chi connectivity index (χ4v) is 2.86. The summed E-state index contributed by atoms with van der Waals surface area (Å²) in [6, 6.07) is 14.5. The second kappa shape index (κ2) is 8.01. The van der Waals surface area contributed by atoms with Gasteiger partial charge in [-0.2, -0.15) is 0 Å². The summed E-state index contributed by atoms with van der Waals surface area (Å²) in [6.45, 7) is 3.10. The second-order valence-corrected chi connectivity index (χ2v) is 6.48. The van der Waals surface area contributed by atoms with E-state index in [9.17, 15) is 0 Å². The van der Waals surface area contributed by atoms with Crippen molar-refractivity contribution >= 4 is 34.2 Å². The largest absolute Gasteiger partial charge is 0.497 e. The van der Waals surface area contributed by atoms with Gasteiger partial charge in [0.2, 0.25) is 0 Å². The van der Waals surface area contributed by atoms with Crippen LogP contribution in [0.15, 0.2) is 42.5 Å². The zero-order chi connectivity index (χ0) is 15.2. The summed E-state index contributed by atoms with van der Waals surface area (Å²) in [4.78, 5) is 0. The van der Waals surface area contributed by atoms with Gasteiger partial charge in [-0.25, -0.2) is 0 Å². The van der Waals surface area contributed by atoms with E-state index in [0.717, 1.165) is 29.3 Å². The molecule has 112 valence electrons. The molecule has 0 amide bonds. The summed E-state index contributed by atoms with van der Waals surface area (Å²) in [5.41, 5.74) is 2.29. The van der Waals surface area contributed by atoms with Crippen molar-refractivity contribution in [3.8, 4) is 5.75 Å². The van der Waals surface area contributed by atoms with Crippen LogP contribution in [0.25, 0.3) is 0 Å². The minimum atomic E-state index is 0.0976. The minimum absolute atomic E-state index is 0.0976. The Balaban J connectivity index is 2.37. The lowest BCUT2D eigenvalue weighted by Crippen LogP contribution is -2.23. The molecule has 2 aromatic carbocycles. The van der Waals surface area contributed by atoms with Crippen LogP contribution in [0, 0.1) is 3.57 Å². The Hall–Kier alpha value is -0.780. The van der Waals surface area contributed by atoms with Crippen molar-refractivity contribution in [1.82, 2.24) is 5.32 Å². The molecule has 0 spiro atoms. The lowest BCUT2D eigenvalue weighted by molar-refractivity contribution is 0.414. The Kier molecular flexibility index (Phi) is 6.33. The first kappa shape index (κ1) is 16.6. The number of ether oxygens (including phenoxy) is 1. The number of hydrogen-bond acceptors (Lipinski definition) is 2. The van der Waals surface area contributed by atoms with E-state index in [2.05, 4.69) is 59.1 Å². The Morgan fingerprint density at radius 2 is 1.90 bits per heavy atom. The van der Waals surface area contributed by atoms with Gasteiger partial charge >= 0.3 is 0 Å². The van der Waals surface area contributed by atoms with Gasteiger partial charge in [0.15, 0.2) is 0 Å². The summed E-state index contributed by atoms with van der Waals surface area (Å²) in [5.74, 6) is 0.778. The Bertz CT molecular complexity index is 586. The molecule has 0 aliphatic rings. The Labute approximate surface area is 145 Å². The van der Waals surface area contributed by atoms with Crippen LogP contribution >= 0.6 is 34.2 Å². The summed E-state index contributed by atoms with van der Waals surface area (Å²) in [7, 11) is 1.65. The molecule has 1 N–H and O–H groups in total. The molecule has 0 aliphatic carbocycles. The van der Waals surface area contributed by atoms with Crippen molar-refractivity contribution in [1.29, 1.82) is 0 Å². The molecule has 0 radical (unpaired) electrons. The predicted molar refractivity (Wildman–Crippen MR) is 97.3 cm³/mol. The third kappa shape index (κ3) is 4.34. The lowest BCUT2D eigenvalue weighted by Gasteiger charge is -2.21. The standard InChI is InChI=1S/C17H19ClINO/c1-3-10-20-17(12-4-6-13(19)7-5-12)15-9-8-14(21-2)11-16(15)18/h4-9,11,17,20H,3,10H2,1-2H3. The van der Waals surface area contributed by atoms with Crippen molar-refractivity contribution in [3.05, 3.63) is 62.2 Å². The molecule has 0 aliphatic heterocycles. The predicted octanol–water partition coefficient (Wildman–Crippen LogP) is 5.04. The molecule has 0 saturated heterocycles. The summed E-state index contributed by atoms with van der Waals surface area (Å²) < 4.78 is 6.45. The zero-order valence-electron chi connectivity index (χ0n) is 12.2. The fraction of sp³-hybridized carbons (Fsp3) is 0.294. The van der Waals surface area contributed by atoms with Crippen LogP contribution in [0.3, 0.4) is 0 Å². The number of halogens is 2. The first-order chi connectivity index (χ1) is 10.2. The van der Waals surface area contributed by atoms with E-state index in [1.807, 2.05) is 18.2 Å². The highest BCUT2D eigenvalue weighted by Crippen LogP contribution is 2.31. The molecule has 2 aromatic rings. The normalized spacial score (nSPS) is 12.2. The van der Waals surface area contributed by atoms with Crippen LogP contribution in [-0.4, -0.2) is 13.7 Å². The maximum absolute atomic E-state index is 6.44. The van der Waals surface area contributed by atoms with Crippen LogP contribution in [-0.2, 0) is 0 Å². The smallest absolute Gasteiger partial charge is 0.120 e. The van der Waals surface area contributed by atoms with E-state index in [-0.39, 0.29) is 6.04 Å². The maximum Gasteiger partial charge on any atom is 0.120 e. The van der Waals surface area contributed by atoms with E-state index >= 15 is 0 Å². The molecule has 0 heterocycles. The zero-order valence-corrected chi connectivity index (χ0v) is 15.1. The summed E-state index contributed by atoms with van der Waals surface area (Å²) >= 11 is 8.76. The van der Waals surface area contributed by atoms with E-state index in [1.165, 1.54) is 9.13 Å². The molecule has 1 atom stereocenters. The molecular weight excluding hydrogens is 397 g/mol. The van der Waals surface area contributed by atoms with Crippen molar-refractivity contribution in [2.24, 2.45) is 0 Å². The van der Waals surface area contributed by atoms with Crippen LogP contribution in [0.5, 0.6) is 5.75 Å². The first-order valence-corrected chi connectivity index (χ1v) is 8.43. The van der Waals surface area contributed by atoms with Crippen molar-refractivity contribution in [2.75, 3.05) is 13.7 Å². The van der Waals surface area contributed by atoms with Gasteiger partial charge in [-0.3, -0.25) is 0 Å². The molecular formula is C17H19ClINO. The number of nitrogens with one attached hydrogen (secondary N) is 1. The van der Waals surface area contributed by atoms with E-state index in [4.69, 9.17) is 16.3 Å². The molecule has 0 fully saturated rings. The third-order valence-electron chi connectivity index (χ3n) is 3.32. The monoisotopic (exact) mass is 415 g/mol. The van der Waals surface area contributed by atoms with E-state index < -0.39 is 0 Å². The van der Waals surface area contributed by atoms with Gasteiger partial charge in [0.25, 0.3) is 0 Å². The Morgan fingerprint density at radius 3 is 2.48 bits per heavy atom. The number of hydrogen-bond donors (Lipinski definition) is 1. The third-order valence-corrected chi connectivity index (χ3v) is 4.37. The maximum atomic E-state index is 6.44. The van der Waals surface area contributed by atoms with Gasteiger partial charge in [-0.05, 0) is 70.9 Å². The molecule has 2 rings (SSSR count). The molecule has 0 bridgehead atoms. The van der Waals surface area contributed by atoms with Crippen molar-refractivity contribution in [2.45, 2.75) is 19.4 Å². The van der Waals surface area contributed by atoms with E-state index in [0.29, 0.717) is 0 Å². The topological polar surface area (TPSA) is 21.3 Å². The van der Waals surface area contributed by atoms with Gasteiger partial charge in [0.1, 0.15) is 5.75 Å². The SMILES string of the molecule is CCCNC(c1ccc(I)cc1)c1ccc(OC)cc1Cl. The van der Waals surface area contributed by atoms with Gasteiger partial charge in [-0.15, -0.1) is 0 Å². The summed E-state index contributed by atoms with van der Waals surface area (Å²) in [5, 5.41) is 4.30. The number of methoxy groups -OCH3 is 1. The molecule has 0 saturated carbocycles. The minimum Gasteiger partial charge on any atom is -0.497 e. The lowest BCUT2D eigenvalue weighted by atomic mass is 9.98. The highest BCUT2D eigenvalue weighted by atomic mass is 127. The van der Waals surface area contributed by atoms with E-state index in [1.54, 1.807) is 7.11 Å². The number of benzene rings is 2. The van der Waals surface area contributed by atoms with Gasteiger partial charge in [0, 0.05) is 8.59 Å². The average molecular weight is 416 g/mol. The quantitative estimate of drug-likeness (QED) is 0.667. The molecule has 4 heteroatoms. The Morgan fingerprint density at radius 1 is 1.19 bits per heavy atom. The fourth-order valence-electron chi connectivity index (χ4n) is 2.22. The second-order valence-electron chi connectivity index (χ2n) is 4.83. The van der Waals surface area contributed by atoms with Crippen LogP contribution in [0.1, 0.15) is 30.5 Å². The molecule has 0 aromatic heterocycles. The molecule has 21 heavy (non-hydrogen) atoms. The highest BCUT2D eigenvalue weighted by molar-refractivity contribution is 14.1. The molecule has 2 nitrogen and oxygen atoms in total. The van der Waals surface area contributed by atoms with Gasteiger partial charge in [-0.1, -0.05) is 36.7 Å². The highest BCUT2D eigenvalue weighted by Gasteiger charge is 2.16. The molecule has 1 unspecified atom stereocenters. The first-order valence-electron chi connectivity index (χ1n) is 6.98. The van der Waals surface area contributed by atoms with Gasteiger partial charge in [0.05, 0.1) is 13.2 Å². The average Bonchev–Trinajstić information content (AvgIpc) is 2.50. The van der Waals surface area contributed by atoms with Crippen molar-refractivity contribution < 1.29 is 4.74 Å². The van der Waals surface area contributed by atoms with Crippen LogP contribution in [0.4, 0.5) is 0 Å².